The average molecular weight is 499 g/mol. The van der Waals surface area contributed by atoms with E-state index < -0.39 is 11.7 Å². The SMILES string of the molecule is CC1(C)C2CCC1(C)C(c1cc(C(=O)O)c(O)c(Cl)c1NCc1cc(Cl)cc(Cl)c1O)C2. The van der Waals surface area contributed by atoms with E-state index in [2.05, 4.69) is 26.1 Å². The predicted octanol–water partition coefficient (Wildman–Crippen LogP) is 7.30. The highest BCUT2D eigenvalue weighted by atomic mass is 35.5. The van der Waals surface area contributed by atoms with E-state index in [-0.39, 0.29) is 44.7 Å². The molecule has 0 aliphatic heterocycles. The Hall–Kier alpha value is -1.82. The van der Waals surface area contributed by atoms with Crippen LogP contribution in [-0.2, 0) is 6.54 Å². The summed E-state index contributed by atoms with van der Waals surface area (Å²) in [5.41, 5.74) is 1.56. The molecule has 172 valence electrons. The summed E-state index contributed by atoms with van der Waals surface area (Å²) in [7, 11) is 0. The van der Waals surface area contributed by atoms with Gasteiger partial charge in [-0.25, -0.2) is 4.79 Å². The van der Waals surface area contributed by atoms with Gasteiger partial charge in [0.1, 0.15) is 16.3 Å². The molecule has 5 nitrogen and oxygen atoms in total. The van der Waals surface area contributed by atoms with Crippen molar-refractivity contribution in [2.24, 2.45) is 16.7 Å². The number of benzene rings is 2. The highest BCUT2D eigenvalue weighted by Gasteiger charge is 2.61. The molecule has 2 saturated carbocycles. The summed E-state index contributed by atoms with van der Waals surface area (Å²) in [5.74, 6) is -1.20. The van der Waals surface area contributed by atoms with E-state index in [4.69, 9.17) is 34.8 Å². The largest absolute Gasteiger partial charge is 0.506 e. The first-order valence-corrected chi connectivity index (χ1v) is 11.7. The van der Waals surface area contributed by atoms with E-state index in [1.807, 2.05) is 0 Å². The summed E-state index contributed by atoms with van der Waals surface area (Å²) in [6.45, 7) is 6.97. The molecule has 2 aliphatic carbocycles. The van der Waals surface area contributed by atoms with Crippen LogP contribution in [-0.4, -0.2) is 21.3 Å². The second-order valence-corrected chi connectivity index (χ2v) is 11.0. The lowest BCUT2D eigenvalue weighted by Gasteiger charge is -2.40. The van der Waals surface area contributed by atoms with Crippen LogP contribution < -0.4 is 5.32 Å². The molecule has 2 fully saturated rings. The Morgan fingerprint density at radius 3 is 2.38 bits per heavy atom. The number of carboxylic acid groups (broad SMARTS) is 1. The molecule has 2 aliphatic rings. The molecule has 0 aromatic heterocycles. The lowest BCUT2D eigenvalue weighted by atomic mass is 9.64. The molecular formula is C24H26Cl3NO4. The monoisotopic (exact) mass is 497 g/mol. The topological polar surface area (TPSA) is 89.8 Å². The normalized spacial score (nSPS) is 25.8. The quantitative estimate of drug-likeness (QED) is 0.347. The first kappa shape index (κ1) is 23.3. The number of fused-ring (bicyclic) bond motifs is 2. The standard InChI is InChI=1S/C24H26Cl3NO4/c1-23(2)12-4-5-24(23,3)16(7-12)14-9-15(22(31)32)21(30)18(27)19(14)28-10-11-6-13(25)8-17(26)20(11)29/h6,8-9,12,16,28-30H,4-5,7,10H2,1-3H3,(H,31,32). The van der Waals surface area contributed by atoms with Gasteiger partial charge in [0.25, 0.3) is 0 Å². The molecule has 4 rings (SSSR count). The first-order valence-electron chi connectivity index (χ1n) is 10.6. The Balaban J connectivity index is 1.81. The molecule has 4 N–H and O–H groups in total. The number of halogens is 3. The lowest BCUT2D eigenvalue weighted by molar-refractivity contribution is 0.0693. The van der Waals surface area contributed by atoms with E-state index in [0.717, 1.165) is 24.8 Å². The fourth-order valence-corrected chi connectivity index (χ4v) is 6.70. The minimum absolute atomic E-state index is 0.0360. The molecule has 3 atom stereocenters. The number of rotatable bonds is 5. The number of carboxylic acids is 1. The van der Waals surface area contributed by atoms with Crippen molar-refractivity contribution in [1.82, 2.24) is 0 Å². The van der Waals surface area contributed by atoms with Crippen LogP contribution in [0.5, 0.6) is 11.5 Å². The Morgan fingerprint density at radius 2 is 1.81 bits per heavy atom. The molecule has 0 spiro atoms. The van der Waals surface area contributed by atoms with Crippen molar-refractivity contribution in [2.75, 3.05) is 5.32 Å². The second-order valence-electron chi connectivity index (χ2n) is 9.77. The number of carbonyl (C=O) groups is 1. The van der Waals surface area contributed by atoms with Gasteiger partial charge < -0.3 is 20.6 Å². The van der Waals surface area contributed by atoms with Gasteiger partial charge in [0, 0.05) is 17.1 Å². The van der Waals surface area contributed by atoms with Crippen molar-refractivity contribution in [3.63, 3.8) is 0 Å². The molecular weight excluding hydrogens is 473 g/mol. The van der Waals surface area contributed by atoms with Crippen LogP contribution in [0.1, 0.15) is 67.4 Å². The summed E-state index contributed by atoms with van der Waals surface area (Å²) in [6.07, 6.45) is 3.11. The van der Waals surface area contributed by atoms with Crippen LogP contribution in [0.15, 0.2) is 18.2 Å². The van der Waals surface area contributed by atoms with Crippen molar-refractivity contribution < 1.29 is 20.1 Å². The Bertz CT molecular complexity index is 1120. The molecule has 0 saturated heterocycles. The average Bonchev–Trinajstić information content (AvgIpc) is 3.05. The highest BCUT2D eigenvalue weighted by Crippen LogP contribution is 2.71. The van der Waals surface area contributed by atoms with Crippen molar-refractivity contribution in [2.45, 2.75) is 52.5 Å². The third-order valence-corrected chi connectivity index (χ3v) is 9.11. The van der Waals surface area contributed by atoms with E-state index in [0.29, 0.717) is 22.2 Å². The van der Waals surface area contributed by atoms with Gasteiger partial charge in [-0.3, -0.25) is 0 Å². The Kier molecular flexibility index (Phi) is 5.76. The van der Waals surface area contributed by atoms with Crippen LogP contribution in [0, 0.1) is 16.7 Å². The molecule has 0 radical (unpaired) electrons. The second kappa shape index (κ2) is 7.89. The fourth-order valence-electron chi connectivity index (χ4n) is 5.89. The zero-order valence-corrected chi connectivity index (χ0v) is 20.4. The Morgan fingerprint density at radius 1 is 1.12 bits per heavy atom. The number of hydrogen-bond donors (Lipinski definition) is 4. The third kappa shape index (κ3) is 3.41. The lowest BCUT2D eigenvalue weighted by Crippen LogP contribution is -2.31. The predicted molar refractivity (Wildman–Crippen MR) is 127 cm³/mol. The fraction of sp³-hybridized carbons (Fsp3) is 0.458. The van der Waals surface area contributed by atoms with Crippen LogP contribution in [0.25, 0.3) is 0 Å². The number of nitrogens with one attached hydrogen (secondary N) is 1. The minimum atomic E-state index is -1.23. The maximum absolute atomic E-state index is 11.8. The van der Waals surface area contributed by atoms with E-state index in [1.165, 1.54) is 6.07 Å². The first-order chi connectivity index (χ1) is 14.9. The van der Waals surface area contributed by atoms with E-state index >= 15 is 0 Å². The van der Waals surface area contributed by atoms with Gasteiger partial charge in [-0.2, -0.15) is 0 Å². The van der Waals surface area contributed by atoms with Gasteiger partial charge in [0.05, 0.1) is 10.7 Å². The van der Waals surface area contributed by atoms with Crippen LogP contribution in [0.3, 0.4) is 0 Å². The summed E-state index contributed by atoms with van der Waals surface area (Å²) in [5, 5.41) is 34.2. The van der Waals surface area contributed by atoms with E-state index in [1.54, 1.807) is 12.1 Å². The number of anilines is 1. The molecule has 2 bridgehead atoms. The molecule has 3 unspecified atom stereocenters. The maximum atomic E-state index is 11.8. The highest BCUT2D eigenvalue weighted by molar-refractivity contribution is 6.36. The zero-order valence-electron chi connectivity index (χ0n) is 18.1. The summed E-state index contributed by atoms with van der Waals surface area (Å²) >= 11 is 18.7. The van der Waals surface area contributed by atoms with Gasteiger partial charge >= 0.3 is 5.97 Å². The molecule has 2 aromatic rings. The number of aromatic hydroxyl groups is 2. The van der Waals surface area contributed by atoms with Crippen molar-refractivity contribution >= 4 is 46.5 Å². The molecule has 32 heavy (non-hydrogen) atoms. The van der Waals surface area contributed by atoms with Crippen molar-refractivity contribution in [3.05, 3.63) is 50.0 Å². The minimum Gasteiger partial charge on any atom is -0.506 e. The number of phenolic OH excluding ortho intramolecular Hbond substituents is 1. The maximum Gasteiger partial charge on any atom is 0.339 e. The number of phenols is 2. The van der Waals surface area contributed by atoms with Crippen LogP contribution >= 0.6 is 34.8 Å². The van der Waals surface area contributed by atoms with E-state index in [9.17, 15) is 20.1 Å². The zero-order chi connectivity index (χ0) is 23.6. The van der Waals surface area contributed by atoms with Gasteiger partial charge in [-0.1, -0.05) is 55.6 Å². The summed E-state index contributed by atoms with van der Waals surface area (Å²) in [4.78, 5) is 11.8. The number of aromatic carboxylic acids is 1. The van der Waals surface area contributed by atoms with Crippen molar-refractivity contribution in [3.8, 4) is 11.5 Å². The molecule has 8 heteroatoms. The van der Waals surface area contributed by atoms with Gasteiger partial charge in [0.15, 0.2) is 5.75 Å². The van der Waals surface area contributed by atoms with Gasteiger partial charge in [-0.15, -0.1) is 0 Å². The molecule has 0 heterocycles. The van der Waals surface area contributed by atoms with Gasteiger partial charge in [-0.05, 0) is 65.7 Å². The smallest absolute Gasteiger partial charge is 0.339 e. The Labute approximate surface area is 202 Å². The summed E-state index contributed by atoms with van der Waals surface area (Å²) in [6, 6.07) is 4.59. The number of hydrogen-bond acceptors (Lipinski definition) is 4. The third-order valence-electron chi connectivity index (χ3n) is 8.23. The van der Waals surface area contributed by atoms with Crippen LogP contribution in [0.2, 0.25) is 15.1 Å². The van der Waals surface area contributed by atoms with Crippen molar-refractivity contribution in [1.29, 1.82) is 0 Å². The summed E-state index contributed by atoms with van der Waals surface area (Å²) < 4.78 is 0. The molecule has 2 aromatic carbocycles. The van der Waals surface area contributed by atoms with Crippen LogP contribution in [0.4, 0.5) is 5.69 Å². The molecule has 0 amide bonds. The van der Waals surface area contributed by atoms with Gasteiger partial charge in [0.2, 0.25) is 0 Å².